The number of aliphatic hydroxyl groups excluding tert-OH is 1. The number of nitrogens with one attached hydrogen (secondary N) is 1. The number of amides is 1. The average Bonchev–Trinajstić information content (AvgIpc) is 3.16. The fourth-order valence-corrected chi connectivity index (χ4v) is 2.98. The molecule has 0 aromatic carbocycles. The van der Waals surface area contributed by atoms with Crippen molar-refractivity contribution in [2.75, 3.05) is 13.2 Å². The molecule has 0 fully saturated rings. The van der Waals surface area contributed by atoms with E-state index in [2.05, 4.69) is 10.4 Å². The van der Waals surface area contributed by atoms with Crippen LogP contribution in [0.5, 0.6) is 0 Å². The molecule has 0 saturated carbocycles. The smallest absolute Gasteiger partial charge is 0.252 e. The summed E-state index contributed by atoms with van der Waals surface area (Å²) in [5, 5.41) is 16.9. The molecule has 1 amide bonds. The number of hydrogen-bond donors (Lipinski definition) is 2. The normalized spacial score (nSPS) is 11.5. The number of nitrogens with zero attached hydrogens (tertiary/aromatic N) is 3. The largest absolute Gasteiger partial charge is 0.466 e. The van der Waals surface area contributed by atoms with Crippen molar-refractivity contribution in [2.24, 2.45) is 0 Å². The summed E-state index contributed by atoms with van der Waals surface area (Å²) in [6, 6.07) is 3.82. The van der Waals surface area contributed by atoms with E-state index in [0.29, 0.717) is 35.3 Å². The van der Waals surface area contributed by atoms with Crippen LogP contribution >= 0.6 is 0 Å². The molecule has 0 bridgehead atoms. The number of pyridine rings is 1. The Morgan fingerprint density at radius 2 is 2.12 bits per heavy atom. The lowest BCUT2D eigenvalue weighted by molar-refractivity contribution is 0.0952. The minimum Gasteiger partial charge on any atom is -0.466 e. The van der Waals surface area contributed by atoms with Gasteiger partial charge in [0.2, 0.25) is 0 Å². The molecule has 0 radical (unpaired) electrons. The van der Waals surface area contributed by atoms with E-state index >= 15 is 0 Å². The molecule has 0 saturated heterocycles. The predicted molar refractivity (Wildman–Crippen MR) is 99.1 cm³/mol. The van der Waals surface area contributed by atoms with Gasteiger partial charge in [-0.3, -0.25) is 4.79 Å². The van der Waals surface area contributed by atoms with E-state index in [1.54, 1.807) is 12.3 Å². The lowest BCUT2D eigenvalue weighted by atomic mass is 10.1. The Bertz CT molecular complexity index is 940. The molecule has 3 aromatic rings. The van der Waals surface area contributed by atoms with Gasteiger partial charge >= 0.3 is 0 Å². The second-order valence-corrected chi connectivity index (χ2v) is 6.64. The number of hydrogen-bond acceptors (Lipinski definition) is 5. The van der Waals surface area contributed by atoms with Crippen LogP contribution in [0, 0.1) is 13.8 Å². The highest BCUT2D eigenvalue weighted by Crippen LogP contribution is 2.29. The first-order valence-corrected chi connectivity index (χ1v) is 8.77. The van der Waals surface area contributed by atoms with Crippen LogP contribution in [0.2, 0.25) is 0 Å². The Morgan fingerprint density at radius 3 is 2.73 bits per heavy atom. The summed E-state index contributed by atoms with van der Waals surface area (Å²) < 4.78 is 7.44. The molecule has 7 heteroatoms. The van der Waals surface area contributed by atoms with Gasteiger partial charge < -0.3 is 14.8 Å². The van der Waals surface area contributed by atoms with Gasteiger partial charge in [0.1, 0.15) is 11.5 Å². The molecule has 3 aromatic heterocycles. The summed E-state index contributed by atoms with van der Waals surface area (Å²) in [6.07, 6.45) is 2.19. The van der Waals surface area contributed by atoms with Crippen LogP contribution in [-0.4, -0.2) is 38.9 Å². The molecule has 138 valence electrons. The summed E-state index contributed by atoms with van der Waals surface area (Å²) in [5.74, 6) is 1.36. The van der Waals surface area contributed by atoms with Crippen molar-refractivity contribution in [2.45, 2.75) is 40.2 Å². The molecule has 7 nitrogen and oxygen atoms in total. The number of carbonyl (C=O) groups is 1. The first-order valence-electron chi connectivity index (χ1n) is 8.77. The molecular formula is C19H24N4O3. The van der Waals surface area contributed by atoms with E-state index in [0.717, 1.165) is 17.1 Å². The number of aryl methyl sites for hydroxylation is 2. The second-order valence-electron chi connectivity index (χ2n) is 6.64. The van der Waals surface area contributed by atoms with Crippen molar-refractivity contribution in [3.8, 4) is 11.3 Å². The lowest BCUT2D eigenvalue weighted by Crippen LogP contribution is -2.25. The van der Waals surface area contributed by atoms with E-state index in [1.165, 1.54) is 0 Å². The zero-order valence-electron chi connectivity index (χ0n) is 15.5. The molecule has 0 atom stereocenters. The zero-order valence-corrected chi connectivity index (χ0v) is 15.5. The molecule has 3 heterocycles. The van der Waals surface area contributed by atoms with E-state index in [1.807, 2.05) is 38.4 Å². The Balaban J connectivity index is 2.15. The van der Waals surface area contributed by atoms with Crippen LogP contribution in [0.15, 0.2) is 22.7 Å². The van der Waals surface area contributed by atoms with E-state index in [4.69, 9.17) is 14.5 Å². The Labute approximate surface area is 152 Å². The summed E-state index contributed by atoms with van der Waals surface area (Å²) >= 11 is 0. The minimum absolute atomic E-state index is 0.0378. The Morgan fingerprint density at radius 1 is 1.35 bits per heavy atom. The summed E-state index contributed by atoms with van der Waals surface area (Å²) in [4.78, 5) is 17.5. The third-order valence-corrected chi connectivity index (χ3v) is 4.24. The van der Waals surface area contributed by atoms with Crippen LogP contribution in [0.4, 0.5) is 0 Å². The SMILES string of the molecule is Cc1cc(-c2cc(C(=O)NCCCO)c3cnn(C(C)C)c3n2)c(C)o1. The predicted octanol–water partition coefficient (Wildman–Crippen LogP) is 3.00. The third-order valence-electron chi connectivity index (χ3n) is 4.24. The summed E-state index contributed by atoms with van der Waals surface area (Å²) in [6.45, 7) is 8.27. The van der Waals surface area contributed by atoms with E-state index in [-0.39, 0.29) is 18.6 Å². The van der Waals surface area contributed by atoms with Crippen molar-refractivity contribution in [1.82, 2.24) is 20.1 Å². The maximum Gasteiger partial charge on any atom is 0.252 e. The first-order chi connectivity index (χ1) is 12.4. The van der Waals surface area contributed by atoms with Crippen molar-refractivity contribution in [3.05, 3.63) is 35.4 Å². The lowest BCUT2D eigenvalue weighted by Gasteiger charge is -2.10. The number of carbonyl (C=O) groups excluding carboxylic acids is 1. The molecule has 3 rings (SSSR count). The Kier molecular flexibility index (Phi) is 5.08. The van der Waals surface area contributed by atoms with Crippen LogP contribution in [-0.2, 0) is 0 Å². The van der Waals surface area contributed by atoms with Gasteiger partial charge in [0.25, 0.3) is 5.91 Å². The highest BCUT2D eigenvalue weighted by molar-refractivity contribution is 6.06. The van der Waals surface area contributed by atoms with Gasteiger partial charge in [-0.25, -0.2) is 9.67 Å². The van der Waals surface area contributed by atoms with Crippen molar-refractivity contribution < 1.29 is 14.3 Å². The average molecular weight is 356 g/mol. The fourth-order valence-electron chi connectivity index (χ4n) is 2.98. The van der Waals surface area contributed by atoms with Gasteiger partial charge in [0.15, 0.2) is 5.65 Å². The molecular weight excluding hydrogens is 332 g/mol. The number of fused-ring (bicyclic) bond motifs is 1. The summed E-state index contributed by atoms with van der Waals surface area (Å²) in [7, 11) is 0. The minimum atomic E-state index is -0.201. The Hall–Kier alpha value is -2.67. The van der Waals surface area contributed by atoms with Gasteiger partial charge in [-0.05, 0) is 46.2 Å². The number of aromatic nitrogens is 3. The first kappa shape index (κ1) is 18.1. The topological polar surface area (TPSA) is 93.2 Å². The highest BCUT2D eigenvalue weighted by atomic mass is 16.3. The summed E-state index contributed by atoms with van der Waals surface area (Å²) in [5.41, 5.74) is 2.74. The number of rotatable bonds is 6. The number of aliphatic hydroxyl groups is 1. The molecule has 26 heavy (non-hydrogen) atoms. The second kappa shape index (κ2) is 7.29. The fraction of sp³-hybridized carbons (Fsp3) is 0.421. The molecule has 0 aliphatic rings. The molecule has 0 spiro atoms. The van der Waals surface area contributed by atoms with Gasteiger partial charge in [-0.15, -0.1) is 0 Å². The van der Waals surface area contributed by atoms with Crippen LogP contribution in [0.1, 0.15) is 48.2 Å². The molecule has 0 unspecified atom stereocenters. The molecule has 0 aliphatic carbocycles. The van der Waals surface area contributed by atoms with Crippen molar-refractivity contribution >= 4 is 16.9 Å². The van der Waals surface area contributed by atoms with Crippen LogP contribution < -0.4 is 5.32 Å². The molecule has 2 N–H and O–H groups in total. The quantitative estimate of drug-likeness (QED) is 0.662. The number of furan rings is 1. The van der Waals surface area contributed by atoms with Gasteiger partial charge in [-0.1, -0.05) is 0 Å². The van der Waals surface area contributed by atoms with Crippen molar-refractivity contribution in [1.29, 1.82) is 0 Å². The molecule has 0 aliphatic heterocycles. The van der Waals surface area contributed by atoms with Crippen LogP contribution in [0.3, 0.4) is 0 Å². The van der Waals surface area contributed by atoms with Gasteiger partial charge in [0.05, 0.1) is 22.8 Å². The maximum absolute atomic E-state index is 12.7. The van der Waals surface area contributed by atoms with E-state index in [9.17, 15) is 4.79 Å². The third kappa shape index (κ3) is 3.35. The zero-order chi connectivity index (χ0) is 18.8. The highest BCUT2D eigenvalue weighted by Gasteiger charge is 2.20. The maximum atomic E-state index is 12.7. The van der Waals surface area contributed by atoms with Gasteiger partial charge in [-0.2, -0.15) is 5.10 Å². The van der Waals surface area contributed by atoms with Crippen LogP contribution in [0.25, 0.3) is 22.3 Å². The van der Waals surface area contributed by atoms with E-state index < -0.39 is 0 Å². The monoisotopic (exact) mass is 356 g/mol. The van der Waals surface area contributed by atoms with Gasteiger partial charge in [0, 0.05) is 24.8 Å². The van der Waals surface area contributed by atoms with Crippen molar-refractivity contribution in [3.63, 3.8) is 0 Å². The standard InChI is InChI=1S/C19H24N4O3/c1-11(2)23-18-16(10-21-23)15(19(25)20-6-5-7-24)9-17(22-18)14-8-12(3)26-13(14)4/h8-11,24H,5-7H2,1-4H3,(H,20,25).